The molecule has 44 heavy (non-hydrogen) atoms. The fraction of sp³-hybridized carbons (Fsp3) is 0.469. The van der Waals surface area contributed by atoms with Gasteiger partial charge in [0.05, 0.1) is 30.4 Å². The lowest BCUT2D eigenvalue weighted by Crippen LogP contribution is -2.51. The third-order valence-electron chi connectivity index (χ3n) is 9.58. The molecule has 4 aromatic rings. The zero-order chi connectivity index (χ0) is 30.0. The Hall–Kier alpha value is -3.38. The summed E-state index contributed by atoms with van der Waals surface area (Å²) in [5, 5.41) is 4.54. The van der Waals surface area contributed by atoms with E-state index in [-0.39, 0.29) is 44.2 Å². The van der Waals surface area contributed by atoms with Crippen molar-refractivity contribution >= 4 is 45.0 Å². The fourth-order valence-electron chi connectivity index (χ4n) is 7.06. The van der Waals surface area contributed by atoms with Gasteiger partial charge < -0.3 is 25.4 Å². The Morgan fingerprint density at radius 3 is 2.52 bits per heavy atom. The van der Waals surface area contributed by atoms with E-state index >= 15 is 4.39 Å². The van der Waals surface area contributed by atoms with Crippen LogP contribution in [0.15, 0.2) is 30.3 Å². The molecule has 2 unspecified atom stereocenters. The number of hydrogen-bond acceptors (Lipinski definition) is 9. The first-order valence-corrected chi connectivity index (χ1v) is 15.7. The first-order valence-electron chi connectivity index (χ1n) is 15.3. The van der Waals surface area contributed by atoms with Crippen LogP contribution in [0.3, 0.4) is 0 Å². The molecule has 0 spiro atoms. The summed E-state index contributed by atoms with van der Waals surface area (Å²) in [5.74, 6) is -0.305. The average Bonchev–Trinajstić information content (AvgIpc) is 3.71. The van der Waals surface area contributed by atoms with Crippen molar-refractivity contribution in [3.8, 4) is 17.1 Å². The van der Waals surface area contributed by atoms with Gasteiger partial charge in [-0.1, -0.05) is 11.6 Å². The second-order valence-corrected chi connectivity index (χ2v) is 13.1. The second kappa shape index (κ2) is 10.9. The summed E-state index contributed by atoms with van der Waals surface area (Å²) in [6.45, 7) is 6.20. The summed E-state index contributed by atoms with van der Waals surface area (Å²) >= 11 is 6.84. The summed E-state index contributed by atoms with van der Waals surface area (Å²) in [6.07, 6.45) is 4.30. The smallest absolute Gasteiger partial charge is 0.319 e. The lowest BCUT2D eigenvalue weighted by Gasteiger charge is -2.34. The number of nitrogens with one attached hydrogen (secondary N) is 1. The van der Waals surface area contributed by atoms with Crippen LogP contribution in [0.2, 0.25) is 5.02 Å². The Balaban J connectivity index is 1.22. The number of nitrogens with zero attached hydrogens (tertiary/aromatic N) is 5. The molecule has 3 N–H and O–H groups in total. The molecule has 1 aliphatic carbocycles. The van der Waals surface area contributed by atoms with Crippen molar-refractivity contribution in [2.45, 2.75) is 37.8 Å². The van der Waals surface area contributed by atoms with Crippen LogP contribution in [-0.2, 0) is 4.74 Å². The van der Waals surface area contributed by atoms with Crippen LogP contribution in [0, 0.1) is 17.0 Å². The van der Waals surface area contributed by atoms with Gasteiger partial charge in [-0.2, -0.15) is 9.97 Å². The lowest BCUT2D eigenvalue weighted by atomic mass is 9.99. The number of morpholine rings is 1. The number of pyridine rings is 1. The third-order valence-corrected chi connectivity index (χ3v) is 9.88. The van der Waals surface area contributed by atoms with E-state index in [2.05, 4.69) is 25.1 Å². The van der Waals surface area contributed by atoms with E-state index in [1.165, 1.54) is 18.2 Å². The van der Waals surface area contributed by atoms with Gasteiger partial charge in [0.2, 0.25) is 0 Å². The predicted octanol–water partition coefficient (Wildman–Crippen LogP) is 4.79. The van der Waals surface area contributed by atoms with Gasteiger partial charge in [0, 0.05) is 72.1 Å². The molecule has 12 heteroatoms. The summed E-state index contributed by atoms with van der Waals surface area (Å²) in [6, 6.07) is 8.36. The van der Waals surface area contributed by atoms with Crippen LogP contribution in [-0.4, -0.2) is 84.5 Å². The molecule has 230 valence electrons. The van der Waals surface area contributed by atoms with Gasteiger partial charge in [0.1, 0.15) is 23.0 Å². The van der Waals surface area contributed by atoms with Crippen LogP contribution < -0.4 is 20.7 Å². The first kappa shape index (κ1) is 28.1. The molecule has 9 nitrogen and oxygen atoms in total. The van der Waals surface area contributed by atoms with Gasteiger partial charge in [-0.25, -0.2) is 13.8 Å². The number of benzene rings is 2. The largest absolute Gasteiger partial charge is 0.463 e. The normalized spacial score (nSPS) is 23.0. The summed E-state index contributed by atoms with van der Waals surface area (Å²) in [7, 11) is 0. The molecule has 0 radical (unpaired) electrons. The summed E-state index contributed by atoms with van der Waals surface area (Å²) in [5.41, 5.74) is 6.75. The monoisotopic (exact) mass is 621 g/mol. The quantitative estimate of drug-likeness (QED) is 0.302. The maximum atomic E-state index is 16.8. The van der Waals surface area contributed by atoms with Crippen molar-refractivity contribution in [3.63, 3.8) is 0 Å². The zero-order valence-corrected chi connectivity index (χ0v) is 25.0. The standard InChI is InChI=1S/C32H34ClF2N7O2/c33-23-13-22-29(27(35)26(23)21-3-5-24(34)20-4-6-25(36)38-28(20)21)39-31(40-30(22)42-14-18-1-2-19(15-42)37-18)44-17-32(7-8-32)16-41-9-11-43-12-10-41/h3-6,13,18-19,37H,1-2,7-12,14-17H2,(H2,36,38). The number of hydrogen-bond donors (Lipinski definition) is 2. The maximum Gasteiger partial charge on any atom is 0.319 e. The topological polar surface area (TPSA) is 102 Å². The molecule has 8 rings (SSSR count). The first-order chi connectivity index (χ1) is 21.4. The molecule has 4 fully saturated rings. The number of rotatable bonds is 7. The lowest BCUT2D eigenvalue weighted by molar-refractivity contribution is 0.0231. The highest BCUT2D eigenvalue weighted by Crippen LogP contribution is 2.47. The van der Waals surface area contributed by atoms with Crippen molar-refractivity contribution in [2.75, 3.05) is 63.2 Å². The number of anilines is 2. The van der Waals surface area contributed by atoms with Crippen LogP contribution in [0.25, 0.3) is 32.9 Å². The number of aromatic nitrogens is 3. The molecular weight excluding hydrogens is 588 g/mol. The molecule has 3 saturated heterocycles. The molecule has 1 saturated carbocycles. The molecule has 0 amide bonds. The molecule has 2 aromatic heterocycles. The highest BCUT2D eigenvalue weighted by atomic mass is 35.5. The van der Waals surface area contributed by atoms with Crippen molar-refractivity contribution < 1.29 is 18.3 Å². The molecule has 3 aliphatic heterocycles. The Kier molecular flexibility index (Phi) is 6.97. The van der Waals surface area contributed by atoms with Gasteiger partial charge in [-0.05, 0) is 56.0 Å². The predicted molar refractivity (Wildman–Crippen MR) is 166 cm³/mol. The fourth-order valence-corrected chi connectivity index (χ4v) is 7.35. The van der Waals surface area contributed by atoms with Gasteiger partial charge in [-0.15, -0.1) is 0 Å². The van der Waals surface area contributed by atoms with Gasteiger partial charge in [-0.3, -0.25) is 4.90 Å². The van der Waals surface area contributed by atoms with Crippen LogP contribution >= 0.6 is 11.6 Å². The van der Waals surface area contributed by atoms with Crippen LogP contribution in [0.1, 0.15) is 25.7 Å². The Bertz CT molecular complexity index is 1750. The zero-order valence-electron chi connectivity index (χ0n) is 24.3. The van der Waals surface area contributed by atoms with Gasteiger partial charge >= 0.3 is 6.01 Å². The Labute approximate surface area is 258 Å². The second-order valence-electron chi connectivity index (χ2n) is 12.7. The van der Waals surface area contributed by atoms with Crippen molar-refractivity contribution in [3.05, 3.63) is 47.0 Å². The number of nitrogen functional groups attached to an aromatic ring is 1. The number of ether oxygens (including phenoxy) is 2. The summed E-state index contributed by atoms with van der Waals surface area (Å²) < 4.78 is 43.3. The third kappa shape index (κ3) is 5.09. The SMILES string of the molecule is Nc1ccc2c(F)ccc(-c3c(Cl)cc4c(N5CC6CCC(C5)N6)nc(OCC5(CN6CCOCC6)CC5)nc4c3F)c2n1. The molecule has 2 aromatic carbocycles. The number of halogens is 3. The average molecular weight is 622 g/mol. The van der Waals surface area contributed by atoms with E-state index in [9.17, 15) is 4.39 Å². The highest BCUT2D eigenvalue weighted by molar-refractivity contribution is 6.35. The minimum absolute atomic E-state index is 0.0340. The van der Waals surface area contributed by atoms with E-state index in [0.717, 1.165) is 71.6 Å². The maximum absolute atomic E-state index is 16.8. The van der Waals surface area contributed by atoms with Crippen LogP contribution in [0.4, 0.5) is 20.4 Å². The van der Waals surface area contributed by atoms with Crippen LogP contribution in [0.5, 0.6) is 6.01 Å². The van der Waals surface area contributed by atoms with E-state index < -0.39 is 11.6 Å². The van der Waals surface area contributed by atoms with E-state index in [1.54, 1.807) is 12.1 Å². The number of nitrogens with two attached hydrogens (primary N) is 1. The molecular formula is C32H34ClF2N7O2. The minimum Gasteiger partial charge on any atom is -0.463 e. The van der Waals surface area contributed by atoms with E-state index in [1.807, 2.05) is 0 Å². The molecule has 5 heterocycles. The molecule has 2 bridgehead atoms. The van der Waals surface area contributed by atoms with Gasteiger partial charge in [0.15, 0.2) is 5.82 Å². The number of fused-ring (bicyclic) bond motifs is 4. The van der Waals surface area contributed by atoms with Gasteiger partial charge in [0.25, 0.3) is 0 Å². The van der Waals surface area contributed by atoms with Crippen molar-refractivity contribution in [1.82, 2.24) is 25.2 Å². The Morgan fingerprint density at radius 2 is 1.77 bits per heavy atom. The van der Waals surface area contributed by atoms with E-state index in [0.29, 0.717) is 35.5 Å². The minimum atomic E-state index is -0.634. The molecule has 4 aliphatic rings. The Morgan fingerprint density at radius 1 is 1.00 bits per heavy atom. The molecule has 2 atom stereocenters. The highest BCUT2D eigenvalue weighted by Gasteiger charge is 2.45. The van der Waals surface area contributed by atoms with E-state index in [4.69, 9.17) is 31.8 Å². The van der Waals surface area contributed by atoms with Crippen molar-refractivity contribution in [1.29, 1.82) is 0 Å². The number of piperazine rings is 1. The summed E-state index contributed by atoms with van der Waals surface area (Å²) in [4.78, 5) is 18.5. The van der Waals surface area contributed by atoms with Crippen molar-refractivity contribution in [2.24, 2.45) is 5.41 Å².